The average molecular weight is 395 g/mol. The summed E-state index contributed by atoms with van der Waals surface area (Å²) in [5, 5.41) is 5.70. The van der Waals surface area contributed by atoms with Gasteiger partial charge in [-0.2, -0.15) is 0 Å². The summed E-state index contributed by atoms with van der Waals surface area (Å²) in [5.74, 6) is 0.128. The molecule has 1 saturated heterocycles. The van der Waals surface area contributed by atoms with E-state index in [2.05, 4.69) is 10.6 Å². The lowest BCUT2D eigenvalue weighted by Crippen LogP contribution is -2.46. The van der Waals surface area contributed by atoms with E-state index >= 15 is 0 Å². The number of piperidine rings is 1. The summed E-state index contributed by atoms with van der Waals surface area (Å²) in [5.41, 5.74) is 1.62. The SMILES string of the molecule is COc1ccccc1C(=O)N1CCC(NC(=O)c2cccc(NC(C)=O)c2)CC1. The van der Waals surface area contributed by atoms with Crippen molar-refractivity contribution in [3.63, 3.8) is 0 Å². The first-order valence-corrected chi connectivity index (χ1v) is 9.58. The van der Waals surface area contributed by atoms with Crippen molar-refractivity contribution in [2.75, 3.05) is 25.5 Å². The van der Waals surface area contributed by atoms with Gasteiger partial charge in [0.05, 0.1) is 12.7 Å². The zero-order valence-electron chi connectivity index (χ0n) is 16.6. The fraction of sp³-hybridized carbons (Fsp3) is 0.318. The number of nitrogens with one attached hydrogen (secondary N) is 2. The number of hydrogen-bond acceptors (Lipinski definition) is 4. The number of likely N-dealkylation sites (tertiary alicyclic amines) is 1. The van der Waals surface area contributed by atoms with Crippen LogP contribution < -0.4 is 15.4 Å². The molecule has 0 spiro atoms. The Kier molecular flexibility index (Phi) is 6.49. The van der Waals surface area contributed by atoms with Crippen LogP contribution in [0.2, 0.25) is 0 Å². The number of benzene rings is 2. The Bertz CT molecular complexity index is 904. The number of nitrogens with zero attached hydrogens (tertiary/aromatic N) is 1. The molecular formula is C22H25N3O4. The van der Waals surface area contributed by atoms with E-state index < -0.39 is 0 Å². The van der Waals surface area contributed by atoms with Crippen LogP contribution in [0.3, 0.4) is 0 Å². The molecule has 1 heterocycles. The number of methoxy groups -OCH3 is 1. The van der Waals surface area contributed by atoms with Crippen molar-refractivity contribution in [2.24, 2.45) is 0 Å². The molecule has 1 fully saturated rings. The second-order valence-electron chi connectivity index (χ2n) is 7.00. The minimum atomic E-state index is -0.188. The second kappa shape index (κ2) is 9.23. The summed E-state index contributed by atoms with van der Waals surface area (Å²) in [6, 6.07) is 14.0. The molecule has 3 rings (SSSR count). The molecule has 0 aliphatic carbocycles. The minimum Gasteiger partial charge on any atom is -0.496 e. The molecule has 7 heteroatoms. The lowest BCUT2D eigenvalue weighted by molar-refractivity contribution is -0.114. The largest absolute Gasteiger partial charge is 0.496 e. The van der Waals surface area contributed by atoms with Crippen LogP contribution in [-0.4, -0.2) is 48.9 Å². The van der Waals surface area contributed by atoms with Crippen LogP contribution in [0.25, 0.3) is 0 Å². The van der Waals surface area contributed by atoms with E-state index in [1.165, 1.54) is 6.92 Å². The lowest BCUT2D eigenvalue weighted by Gasteiger charge is -2.32. The third kappa shape index (κ3) is 5.13. The molecule has 1 aliphatic rings. The van der Waals surface area contributed by atoms with Crippen LogP contribution in [0.15, 0.2) is 48.5 Å². The van der Waals surface area contributed by atoms with Gasteiger partial charge in [-0.1, -0.05) is 18.2 Å². The molecule has 0 radical (unpaired) electrons. The van der Waals surface area contributed by atoms with Gasteiger partial charge >= 0.3 is 0 Å². The molecule has 1 aliphatic heterocycles. The summed E-state index contributed by atoms with van der Waals surface area (Å²) in [6.45, 7) is 2.55. The Morgan fingerprint density at radius 2 is 1.76 bits per heavy atom. The number of amides is 3. The van der Waals surface area contributed by atoms with Gasteiger partial charge in [0.15, 0.2) is 0 Å². The molecule has 29 heavy (non-hydrogen) atoms. The molecule has 0 unspecified atom stereocenters. The van der Waals surface area contributed by atoms with Crippen molar-refractivity contribution in [3.05, 3.63) is 59.7 Å². The monoisotopic (exact) mass is 395 g/mol. The Hall–Kier alpha value is -3.35. The average Bonchev–Trinajstić information content (AvgIpc) is 2.73. The van der Waals surface area contributed by atoms with Gasteiger partial charge in [0.25, 0.3) is 11.8 Å². The highest BCUT2D eigenvalue weighted by atomic mass is 16.5. The number of carbonyl (C=O) groups is 3. The van der Waals surface area contributed by atoms with Gasteiger partial charge < -0.3 is 20.3 Å². The van der Waals surface area contributed by atoms with E-state index in [9.17, 15) is 14.4 Å². The fourth-order valence-electron chi connectivity index (χ4n) is 3.43. The quantitative estimate of drug-likeness (QED) is 0.815. The molecule has 0 aromatic heterocycles. The predicted octanol–water partition coefficient (Wildman–Crippen LogP) is 2.69. The Morgan fingerprint density at radius 1 is 1.03 bits per heavy atom. The number of ether oxygens (including phenoxy) is 1. The lowest BCUT2D eigenvalue weighted by atomic mass is 10.0. The summed E-state index contributed by atoms with van der Waals surface area (Å²) in [4.78, 5) is 38.3. The first kappa shape index (κ1) is 20.4. The highest BCUT2D eigenvalue weighted by Crippen LogP contribution is 2.22. The highest BCUT2D eigenvalue weighted by molar-refractivity contribution is 5.98. The maximum atomic E-state index is 12.8. The third-order valence-electron chi connectivity index (χ3n) is 4.90. The van der Waals surface area contributed by atoms with E-state index in [1.807, 2.05) is 12.1 Å². The molecule has 2 aromatic rings. The molecule has 0 saturated carbocycles. The first-order chi connectivity index (χ1) is 14.0. The number of rotatable bonds is 5. The van der Waals surface area contributed by atoms with Gasteiger partial charge in [-0.25, -0.2) is 0 Å². The Balaban J connectivity index is 1.56. The van der Waals surface area contributed by atoms with Gasteiger partial charge in [0, 0.05) is 37.3 Å². The van der Waals surface area contributed by atoms with Crippen LogP contribution in [0.1, 0.15) is 40.5 Å². The molecule has 2 aromatic carbocycles. The summed E-state index contributed by atoms with van der Waals surface area (Å²) >= 11 is 0. The third-order valence-corrected chi connectivity index (χ3v) is 4.90. The molecular weight excluding hydrogens is 370 g/mol. The fourth-order valence-corrected chi connectivity index (χ4v) is 3.43. The van der Waals surface area contributed by atoms with Gasteiger partial charge in [-0.3, -0.25) is 14.4 Å². The van der Waals surface area contributed by atoms with Gasteiger partial charge in [-0.05, 0) is 43.2 Å². The van der Waals surface area contributed by atoms with E-state index in [-0.39, 0.29) is 23.8 Å². The zero-order chi connectivity index (χ0) is 20.8. The summed E-state index contributed by atoms with van der Waals surface area (Å²) in [7, 11) is 1.55. The first-order valence-electron chi connectivity index (χ1n) is 9.58. The standard InChI is InChI=1S/C22H25N3O4/c1-15(26)23-18-7-5-6-16(14-18)21(27)24-17-10-12-25(13-11-17)22(28)19-8-3-4-9-20(19)29-2/h3-9,14,17H,10-13H2,1-2H3,(H,23,26)(H,24,27). The minimum absolute atomic E-state index is 0.00589. The number of para-hydroxylation sites is 1. The van der Waals surface area contributed by atoms with E-state index in [4.69, 9.17) is 4.74 Å². The second-order valence-corrected chi connectivity index (χ2v) is 7.00. The van der Waals surface area contributed by atoms with Crippen molar-refractivity contribution in [1.29, 1.82) is 0 Å². The van der Waals surface area contributed by atoms with Gasteiger partial charge in [-0.15, -0.1) is 0 Å². The van der Waals surface area contributed by atoms with Crippen LogP contribution in [-0.2, 0) is 4.79 Å². The molecule has 2 N–H and O–H groups in total. The summed E-state index contributed by atoms with van der Waals surface area (Å²) in [6.07, 6.45) is 1.36. The van der Waals surface area contributed by atoms with Crippen LogP contribution in [0, 0.1) is 0 Å². The molecule has 0 atom stereocenters. The molecule has 7 nitrogen and oxygen atoms in total. The molecule has 3 amide bonds. The highest BCUT2D eigenvalue weighted by Gasteiger charge is 2.26. The van der Waals surface area contributed by atoms with Crippen LogP contribution in [0.5, 0.6) is 5.75 Å². The maximum absolute atomic E-state index is 12.8. The zero-order valence-corrected chi connectivity index (χ0v) is 16.6. The topological polar surface area (TPSA) is 87.7 Å². The smallest absolute Gasteiger partial charge is 0.257 e. The van der Waals surface area contributed by atoms with Gasteiger partial charge in [0.2, 0.25) is 5.91 Å². The summed E-state index contributed by atoms with van der Waals surface area (Å²) < 4.78 is 5.28. The Labute approximate surface area is 170 Å². The van der Waals surface area contributed by atoms with Crippen LogP contribution >= 0.6 is 0 Å². The maximum Gasteiger partial charge on any atom is 0.257 e. The number of anilines is 1. The van der Waals surface area contributed by atoms with Crippen molar-refractivity contribution in [1.82, 2.24) is 10.2 Å². The number of carbonyl (C=O) groups excluding carboxylic acids is 3. The van der Waals surface area contributed by atoms with E-state index in [0.29, 0.717) is 48.5 Å². The van der Waals surface area contributed by atoms with Gasteiger partial charge in [0.1, 0.15) is 5.75 Å². The Morgan fingerprint density at radius 3 is 2.45 bits per heavy atom. The van der Waals surface area contributed by atoms with E-state index in [1.54, 1.807) is 48.4 Å². The number of hydrogen-bond donors (Lipinski definition) is 2. The van der Waals surface area contributed by atoms with Crippen molar-refractivity contribution >= 4 is 23.4 Å². The molecule has 0 bridgehead atoms. The van der Waals surface area contributed by atoms with Crippen molar-refractivity contribution in [2.45, 2.75) is 25.8 Å². The predicted molar refractivity (Wildman–Crippen MR) is 110 cm³/mol. The van der Waals surface area contributed by atoms with Crippen molar-refractivity contribution in [3.8, 4) is 5.75 Å². The molecule has 152 valence electrons. The van der Waals surface area contributed by atoms with E-state index in [0.717, 1.165) is 0 Å². The van der Waals surface area contributed by atoms with Crippen LogP contribution in [0.4, 0.5) is 5.69 Å². The normalized spacial score (nSPS) is 14.2. The van der Waals surface area contributed by atoms with Crippen molar-refractivity contribution < 1.29 is 19.1 Å².